The quantitative estimate of drug-likeness (QED) is 0.223. The third-order valence-electron chi connectivity index (χ3n) is 8.58. The SMILES string of the molecule is C[Si](C)(C)[N-]C1CCCCC1.C[Si](C)(C)[N-]C1CCCCC1.C[Si](C)(C)[N-]C1CCCCC1.C[Si](C)(C)[N-]C1CCCCC1.[Mg+2].[Mg+2]. The van der Waals surface area contributed by atoms with Gasteiger partial charge in [0.25, 0.3) is 0 Å². The minimum Gasteiger partial charge on any atom is -0.662 e. The van der Waals surface area contributed by atoms with Crippen LogP contribution in [-0.4, -0.2) is 103 Å². The van der Waals surface area contributed by atoms with Crippen molar-refractivity contribution in [1.82, 2.24) is 0 Å². The molecule has 46 heavy (non-hydrogen) atoms. The molecule has 0 amide bonds. The van der Waals surface area contributed by atoms with Gasteiger partial charge in [-0.15, -0.1) is 24.2 Å². The molecule has 0 unspecified atom stereocenters. The molecule has 4 aliphatic rings. The van der Waals surface area contributed by atoms with Gasteiger partial charge in [0.2, 0.25) is 0 Å². The molecule has 0 atom stereocenters. The zero-order chi connectivity index (χ0) is 33.3. The van der Waals surface area contributed by atoms with Gasteiger partial charge >= 0.3 is 46.1 Å². The minimum absolute atomic E-state index is 0. The van der Waals surface area contributed by atoms with E-state index in [0.717, 1.165) is 24.2 Å². The summed E-state index contributed by atoms with van der Waals surface area (Å²) in [6, 6.07) is 2.93. The van der Waals surface area contributed by atoms with Crippen LogP contribution >= 0.6 is 0 Å². The number of hydrogen-bond donors (Lipinski definition) is 0. The Morgan fingerprint density at radius 2 is 0.391 bits per heavy atom. The molecule has 0 bridgehead atoms. The molecule has 0 aliphatic heterocycles. The molecule has 0 spiro atoms. The molecule has 0 aromatic carbocycles. The minimum atomic E-state index is -1.12. The summed E-state index contributed by atoms with van der Waals surface area (Å²) in [5.41, 5.74) is 0. The van der Waals surface area contributed by atoms with Crippen molar-refractivity contribution >= 4 is 79.0 Å². The van der Waals surface area contributed by atoms with Crippen LogP contribution in [0.2, 0.25) is 78.6 Å². The number of hydrogen-bond acceptors (Lipinski definition) is 0. The van der Waals surface area contributed by atoms with Gasteiger partial charge in [-0.25, -0.2) is 0 Å². The molecule has 264 valence electrons. The average Bonchev–Trinajstić information content (AvgIpc) is 2.88. The van der Waals surface area contributed by atoms with Gasteiger partial charge in [-0.05, 0) is 0 Å². The zero-order valence-corrected chi connectivity index (χ0v) is 40.5. The molecule has 4 aliphatic carbocycles. The molecule has 4 nitrogen and oxygen atoms in total. The fraction of sp³-hybridized carbons (Fsp3) is 1.00. The van der Waals surface area contributed by atoms with Gasteiger partial charge in [0, 0.05) is 0 Å². The predicted molar refractivity (Wildman–Crippen MR) is 226 cm³/mol. The van der Waals surface area contributed by atoms with E-state index in [2.05, 4.69) is 78.6 Å². The van der Waals surface area contributed by atoms with E-state index in [0.29, 0.717) is 0 Å². The zero-order valence-electron chi connectivity index (χ0n) is 33.7. The van der Waals surface area contributed by atoms with Crippen molar-refractivity contribution < 1.29 is 0 Å². The van der Waals surface area contributed by atoms with Gasteiger partial charge in [0.15, 0.2) is 0 Å². The molecule has 0 saturated heterocycles. The van der Waals surface area contributed by atoms with Crippen LogP contribution in [-0.2, 0) is 0 Å². The average molecular weight is 730 g/mol. The van der Waals surface area contributed by atoms with Gasteiger partial charge in [0.1, 0.15) is 0 Å². The smallest absolute Gasteiger partial charge is 0.662 e. The third-order valence-corrected chi connectivity index (χ3v) is 13.1. The molecular weight excluding hydrogens is 649 g/mol. The first-order valence-corrected chi connectivity index (χ1v) is 33.0. The van der Waals surface area contributed by atoms with E-state index < -0.39 is 32.9 Å². The number of nitrogens with zero attached hydrogens (tertiary/aromatic N) is 4. The van der Waals surface area contributed by atoms with Crippen molar-refractivity contribution in [3.63, 3.8) is 0 Å². The molecule has 0 heterocycles. The standard InChI is InChI=1S/4C9H20NSi.2Mg/c4*1-11(2,3)10-9-7-5-4-6-8-9;;/h4*9H,4-8H2,1-3H3;;/q4*-1;2*+2. The summed E-state index contributed by atoms with van der Waals surface area (Å²) in [4.78, 5) is 19.6. The van der Waals surface area contributed by atoms with Crippen molar-refractivity contribution in [1.29, 1.82) is 0 Å². The maximum absolute atomic E-state index is 4.91. The van der Waals surface area contributed by atoms with Gasteiger partial charge < -0.3 is 19.9 Å². The molecule has 4 saturated carbocycles. The van der Waals surface area contributed by atoms with Crippen LogP contribution in [0.25, 0.3) is 19.9 Å². The number of rotatable bonds is 8. The molecule has 0 aromatic rings. The first kappa shape index (κ1) is 50.3. The predicted octanol–water partition coefficient (Wildman–Crippen LogP) is 13.3. The van der Waals surface area contributed by atoms with Gasteiger partial charge in [0.05, 0.1) is 0 Å². The molecule has 0 radical (unpaired) electrons. The Labute approximate surface area is 327 Å². The van der Waals surface area contributed by atoms with E-state index in [-0.39, 0.29) is 46.1 Å². The van der Waals surface area contributed by atoms with Crippen molar-refractivity contribution in [3.8, 4) is 0 Å². The Bertz CT molecular complexity index is 577. The second kappa shape index (κ2) is 26.1. The van der Waals surface area contributed by atoms with Crippen LogP contribution in [0.15, 0.2) is 0 Å². The van der Waals surface area contributed by atoms with E-state index in [1.807, 2.05) is 0 Å². The van der Waals surface area contributed by atoms with Crippen LogP contribution in [0.1, 0.15) is 128 Å². The van der Waals surface area contributed by atoms with Crippen molar-refractivity contribution in [2.24, 2.45) is 0 Å². The second-order valence-electron chi connectivity index (χ2n) is 18.4. The van der Waals surface area contributed by atoms with Crippen LogP contribution in [0.3, 0.4) is 0 Å². The van der Waals surface area contributed by atoms with Crippen LogP contribution < -0.4 is 0 Å². The Morgan fingerprint density at radius 1 is 0.261 bits per heavy atom. The van der Waals surface area contributed by atoms with Gasteiger partial charge in [-0.1, -0.05) is 240 Å². The third kappa shape index (κ3) is 32.2. The summed E-state index contributed by atoms with van der Waals surface area (Å²) in [6.07, 6.45) is 28.0. The summed E-state index contributed by atoms with van der Waals surface area (Å²) in [7, 11) is -4.48. The van der Waals surface area contributed by atoms with Crippen LogP contribution in [0, 0.1) is 0 Å². The molecule has 4 fully saturated rings. The molecule has 10 heteroatoms. The van der Waals surface area contributed by atoms with Crippen LogP contribution in [0.4, 0.5) is 0 Å². The second-order valence-corrected chi connectivity index (χ2v) is 36.8. The van der Waals surface area contributed by atoms with Gasteiger partial charge in [-0.2, -0.15) is 0 Å². The Hall–Kier alpha value is 2.24. The van der Waals surface area contributed by atoms with E-state index in [4.69, 9.17) is 19.9 Å². The molecule has 0 aromatic heterocycles. The van der Waals surface area contributed by atoms with Crippen molar-refractivity contribution in [3.05, 3.63) is 19.9 Å². The Balaban J connectivity index is 0. The summed E-state index contributed by atoms with van der Waals surface area (Å²) >= 11 is 0. The van der Waals surface area contributed by atoms with Crippen LogP contribution in [0.5, 0.6) is 0 Å². The maximum Gasteiger partial charge on any atom is 2.00 e. The summed E-state index contributed by atoms with van der Waals surface area (Å²) in [5.74, 6) is 0. The fourth-order valence-corrected chi connectivity index (χ4v) is 12.4. The first-order valence-electron chi connectivity index (χ1n) is 19.2. The molecular formula is C36H80Mg2N4Si4. The summed E-state index contributed by atoms with van der Waals surface area (Å²) < 4.78 is 0. The summed E-state index contributed by atoms with van der Waals surface area (Å²) in [5, 5.41) is 0. The molecule has 4 rings (SSSR count). The van der Waals surface area contributed by atoms with Crippen molar-refractivity contribution in [2.75, 3.05) is 0 Å². The van der Waals surface area contributed by atoms with E-state index >= 15 is 0 Å². The van der Waals surface area contributed by atoms with E-state index in [1.54, 1.807) is 0 Å². The monoisotopic (exact) mass is 729 g/mol. The topological polar surface area (TPSA) is 56.4 Å². The fourth-order valence-electron chi connectivity index (χ4n) is 7.03. The maximum atomic E-state index is 4.91. The van der Waals surface area contributed by atoms with Crippen molar-refractivity contribution in [2.45, 2.75) is 231 Å². The van der Waals surface area contributed by atoms with E-state index in [9.17, 15) is 0 Å². The molecule has 0 N–H and O–H groups in total. The normalized spacial score (nSPS) is 21.1. The first-order chi connectivity index (χ1) is 20.3. The van der Waals surface area contributed by atoms with E-state index in [1.165, 1.54) is 128 Å². The Morgan fingerprint density at radius 3 is 0.500 bits per heavy atom. The van der Waals surface area contributed by atoms with Gasteiger partial charge in [-0.3, -0.25) is 0 Å². The summed E-state index contributed by atoms with van der Waals surface area (Å²) in [6.45, 7) is 28.0. The largest absolute Gasteiger partial charge is 2.00 e. The Kier molecular flexibility index (Phi) is 28.5.